The van der Waals surface area contributed by atoms with Crippen LogP contribution in [0.2, 0.25) is 0 Å². The van der Waals surface area contributed by atoms with Crippen molar-refractivity contribution in [3.05, 3.63) is 311 Å². The maximum absolute atomic E-state index is 11.4. The number of urea groups is 1. The van der Waals surface area contributed by atoms with Gasteiger partial charge in [0.1, 0.15) is 113 Å². The second-order valence-corrected chi connectivity index (χ2v) is 34.2. The first kappa shape index (κ1) is 104. The summed E-state index contributed by atoms with van der Waals surface area (Å²) in [6, 6.07) is 98.4. The van der Waals surface area contributed by atoms with Gasteiger partial charge in [-0.1, -0.05) is 72.8 Å². The Morgan fingerprint density at radius 1 is 0.331 bits per heavy atom. The van der Waals surface area contributed by atoms with Crippen LogP contribution in [0.1, 0.15) is 81.8 Å². The van der Waals surface area contributed by atoms with Gasteiger partial charge in [-0.3, -0.25) is 4.79 Å². The van der Waals surface area contributed by atoms with E-state index in [2.05, 4.69) is 162 Å². The molecule has 0 radical (unpaired) electrons. The lowest BCUT2D eigenvalue weighted by Crippen LogP contribution is -2.37. The molecular formula is C120H111N15O12S. The number of nitrogens with one attached hydrogen (secondary N) is 3. The van der Waals surface area contributed by atoms with Gasteiger partial charge < -0.3 is 90.1 Å². The molecule has 0 bridgehead atoms. The normalized spacial score (nSPS) is 10.6. The second-order valence-electron chi connectivity index (χ2n) is 33.5. The van der Waals surface area contributed by atoms with Crippen molar-refractivity contribution in [2.75, 3.05) is 75.5 Å². The zero-order chi connectivity index (χ0) is 104. The Morgan fingerprint density at radius 2 is 0.649 bits per heavy atom. The number of aryl methyl sites for hydroxylation is 6. The molecule has 20 rings (SSSR count). The second kappa shape index (κ2) is 48.8. The molecule has 3 amide bonds. The molecule has 28 heteroatoms. The SMILES string of the molecule is CCNC(=O)NCCOc1ccc(-c2c(C#N)c3ccc(OC)cc3n2CC)cc1.CCn1c(-c2cc3ccccc3o2)c(C#N)c2ccc(OC)cc21.CCn1c(-c2ccc(-c3ccccc3)cc2)c(C#N)c2ccc(OC)cc21.CCn1c(-c2ccc(OCCNC=O)cc2)c(C#N)c2ccc(OC)cc21.CCn1c(-c2ccco2)c(C#N)c2ccc(OC)cc21.CCn1c(-c2ccsc2)c(C#N)c2ccc(OC)cc21. The van der Waals surface area contributed by atoms with Gasteiger partial charge in [-0.2, -0.15) is 42.9 Å². The molecule has 9 aromatic heterocycles. The number of ether oxygens (including phenoxy) is 8. The fourth-order valence-electron chi connectivity index (χ4n) is 18.7. The first-order valence-electron chi connectivity index (χ1n) is 48.5. The number of nitriles is 6. The number of rotatable bonds is 29. The average Bonchev–Trinajstić information content (AvgIpc) is 1.59. The molecule has 27 nitrogen and oxygen atoms in total. The standard InChI is InChI=1S/C24H20N2O.C23H26N4O3.C21H21N3O3.C20H16N2O2.C16H14N2O2.C16H14N2OS/c1-3-26-23-15-20(27-2)13-14-21(23)22(16-25)24(26)19-11-9-18(10-12-19)17-7-5-4-6-8-17;1-4-25-23(28)26-12-13-30-17-8-6-16(7-9-17)22-20(15-24)19-11-10-18(29-3)14-21(19)27(22)5-2;1-3-24-20-12-17(26-2)8-9-18(20)19(13-22)21(24)15-4-6-16(7-5-15)27-11-10-23-14-25;1-3-22-17-11-14(23-2)8-9-15(17)16(12-21)20(22)19-10-13-6-4-5-7-18(13)24-19;1-3-18-14-9-11(19-2)6-7-12(14)13(10-17)16(18)15-5-4-8-20-15;1-3-18-15-8-12(19-2)4-5-13(15)14(9-17)16(18)11-6-7-20-10-11/h4-15H,3H2,1-2H3;6-11,14H,4-5,12-13H2,1-3H3,(H2,25,26,28);4-9,12,14H,3,10-11H2,1-2H3,(H,23,25);4-11H,3H2,1-2H3;4-9H,3H2,1-2H3;4-8,10H,3H2,1-2H3. The molecule has 0 unspecified atom stereocenters. The molecule has 3 N–H and O–H groups in total. The summed E-state index contributed by atoms with van der Waals surface area (Å²) in [5.41, 5.74) is 22.6. The van der Waals surface area contributed by atoms with Crippen molar-refractivity contribution in [1.29, 1.82) is 31.6 Å². The van der Waals surface area contributed by atoms with Gasteiger partial charge in [0.2, 0.25) is 6.41 Å². The minimum Gasteiger partial charge on any atom is -0.497 e. The van der Waals surface area contributed by atoms with Gasteiger partial charge in [-0.25, -0.2) is 4.79 Å². The third-order valence-corrected chi connectivity index (χ3v) is 26.2. The first-order chi connectivity index (χ1) is 72.5. The highest BCUT2D eigenvalue weighted by atomic mass is 32.1. The number of fused-ring (bicyclic) bond motifs is 7. The van der Waals surface area contributed by atoms with Crippen molar-refractivity contribution in [2.45, 2.75) is 87.7 Å². The maximum Gasteiger partial charge on any atom is 0.314 e. The van der Waals surface area contributed by atoms with Gasteiger partial charge in [-0.05, 0) is 233 Å². The number of methoxy groups -OCH3 is 6. The Kier molecular flexibility index (Phi) is 34.2. The van der Waals surface area contributed by atoms with Crippen molar-refractivity contribution in [3.8, 4) is 161 Å². The van der Waals surface area contributed by atoms with E-state index in [4.69, 9.17) is 46.7 Å². The summed E-state index contributed by atoms with van der Waals surface area (Å²) < 4.78 is 67.6. The van der Waals surface area contributed by atoms with Crippen molar-refractivity contribution in [1.82, 2.24) is 43.4 Å². The van der Waals surface area contributed by atoms with E-state index in [0.29, 0.717) is 90.1 Å². The molecule has 148 heavy (non-hydrogen) atoms. The molecule has 20 aromatic rings. The zero-order valence-electron chi connectivity index (χ0n) is 84.6. The number of amides is 3. The van der Waals surface area contributed by atoms with Crippen LogP contribution >= 0.6 is 11.3 Å². The molecule has 9 heterocycles. The summed E-state index contributed by atoms with van der Waals surface area (Å²) in [6.45, 7) is 21.0. The van der Waals surface area contributed by atoms with Gasteiger partial charge in [0.05, 0.1) is 151 Å². The van der Waals surface area contributed by atoms with Crippen LogP contribution in [-0.4, -0.2) is 115 Å². The Bertz CT molecular complexity index is 8220. The number of aromatic nitrogens is 6. The summed E-state index contributed by atoms with van der Waals surface area (Å²) in [4.78, 5) is 21.6. The molecule has 11 aromatic carbocycles. The van der Waals surface area contributed by atoms with Crippen molar-refractivity contribution in [2.24, 2.45) is 0 Å². The van der Waals surface area contributed by atoms with E-state index in [9.17, 15) is 41.2 Å². The molecular weight excluding hydrogens is 1880 g/mol. The van der Waals surface area contributed by atoms with Crippen molar-refractivity contribution < 1.29 is 56.3 Å². The lowest BCUT2D eigenvalue weighted by atomic mass is 10.0. The number of nitrogens with zero attached hydrogens (tertiary/aromatic N) is 12. The third-order valence-electron chi connectivity index (χ3n) is 25.5. The van der Waals surface area contributed by atoms with Crippen LogP contribution in [0, 0.1) is 68.0 Å². The predicted octanol–water partition coefficient (Wildman–Crippen LogP) is 26.1. The van der Waals surface area contributed by atoms with Crippen LogP contribution in [0.5, 0.6) is 46.0 Å². The van der Waals surface area contributed by atoms with Gasteiger partial charge in [0.25, 0.3) is 0 Å². The molecule has 0 aliphatic rings. The van der Waals surface area contributed by atoms with Crippen LogP contribution in [0.4, 0.5) is 4.79 Å². The van der Waals surface area contributed by atoms with E-state index in [-0.39, 0.29) is 6.03 Å². The monoisotopic (exact) mass is 1990 g/mol. The Morgan fingerprint density at radius 3 is 0.973 bits per heavy atom. The minimum absolute atomic E-state index is 0.204. The van der Waals surface area contributed by atoms with Crippen molar-refractivity contribution >= 4 is 100 Å². The van der Waals surface area contributed by atoms with E-state index in [1.165, 1.54) is 11.1 Å². The Hall–Kier alpha value is -18.7. The summed E-state index contributed by atoms with van der Waals surface area (Å²) in [5, 5.41) is 77.0. The van der Waals surface area contributed by atoms with Gasteiger partial charge >= 0.3 is 6.03 Å². The number of thiophene rings is 1. The van der Waals surface area contributed by atoms with Gasteiger partial charge in [-0.15, -0.1) is 0 Å². The number of hydrogen-bond donors (Lipinski definition) is 3. The molecule has 0 aliphatic carbocycles. The van der Waals surface area contributed by atoms with Gasteiger partial charge in [0, 0.05) is 131 Å². The maximum atomic E-state index is 11.4. The summed E-state index contributed by atoms with van der Waals surface area (Å²) >= 11 is 1.64. The lowest BCUT2D eigenvalue weighted by molar-refractivity contribution is -0.109. The van der Waals surface area contributed by atoms with Crippen LogP contribution in [-0.2, 0) is 44.1 Å². The highest BCUT2D eigenvalue weighted by Crippen LogP contribution is 2.45. The van der Waals surface area contributed by atoms with E-state index in [0.717, 1.165) is 212 Å². The average molecular weight is 1990 g/mol. The van der Waals surface area contributed by atoms with E-state index in [1.807, 2.05) is 238 Å². The quantitative estimate of drug-likeness (QED) is 0.0289. The topological polar surface area (TPSA) is 343 Å². The van der Waals surface area contributed by atoms with E-state index < -0.39 is 0 Å². The van der Waals surface area contributed by atoms with Crippen LogP contribution in [0.3, 0.4) is 0 Å². The highest BCUT2D eigenvalue weighted by molar-refractivity contribution is 7.08. The zero-order valence-corrected chi connectivity index (χ0v) is 85.4. The van der Waals surface area contributed by atoms with Gasteiger partial charge in [0.15, 0.2) is 11.5 Å². The molecule has 0 aliphatic heterocycles. The third kappa shape index (κ3) is 21.6. The smallest absolute Gasteiger partial charge is 0.314 e. The minimum atomic E-state index is -0.204. The van der Waals surface area contributed by atoms with Crippen LogP contribution in [0.25, 0.3) is 155 Å². The molecule has 0 atom stereocenters. The van der Waals surface area contributed by atoms with E-state index in [1.54, 1.807) is 60.3 Å². The molecule has 0 spiro atoms. The number of benzene rings is 11. The number of hydrogen-bond acceptors (Lipinski definition) is 19. The van der Waals surface area contributed by atoms with Crippen LogP contribution in [0.15, 0.2) is 287 Å². The first-order valence-corrected chi connectivity index (χ1v) is 49.4. The number of carbonyl (C=O) groups excluding carboxylic acids is 2. The molecule has 0 saturated heterocycles. The largest absolute Gasteiger partial charge is 0.497 e. The van der Waals surface area contributed by atoms with E-state index >= 15 is 0 Å². The lowest BCUT2D eigenvalue weighted by Gasteiger charge is -2.11. The number of furan rings is 2. The molecule has 0 fully saturated rings. The summed E-state index contributed by atoms with van der Waals surface area (Å²) in [6.07, 6.45) is 2.27. The Balaban J connectivity index is 0.000000134. The summed E-state index contributed by atoms with van der Waals surface area (Å²) in [5.74, 6) is 7.52. The van der Waals surface area contributed by atoms with Crippen molar-refractivity contribution in [3.63, 3.8) is 0 Å². The van der Waals surface area contributed by atoms with Crippen LogP contribution < -0.4 is 53.8 Å². The predicted molar refractivity (Wildman–Crippen MR) is 583 cm³/mol. The Labute approximate surface area is 862 Å². The summed E-state index contributed by atoms with van der Waals surface area (Å²) in [7, 11) is 9.87. The number of carbonyl (C=O) groups is 2. The molecule has 0 saturated carbocycles. The fraction of sp³-hybridized carbons (Fsp3) is 0.200. The number of para-hydroxylation sites is 1. The fourth-order valence-corrected chi connectivity index (χ4v) is 19.4. The molecule has 744 valence electrons. The highest BCUT2D eigenvalue weighted by Gasteiger charge is 2.28.